The molecule has 10 rings (SSSR count). The summed E-state index contributed by atoms with van der Waals surface area (Å²) in [5, 5.41) is 12.4. The van der Waals surface area contributed by atoms with E-state index in [2.05, 4.69) is 156 Å². The highest BCUT2D eigenvalue weighted by Gasteiger charge is 2.27. The van der Waals surface area contributed by atoms with E-state index >= 15 is 0 Å². The topological polar surface area (TPSA) is 50.9 Å². The Bertz CT molecular complexity index is 3580. The maximum absolute atomic E-state index is 12.4. The molecule has 0 aliphatic carbocycles. The zero-order valence-electron chi connectivity index (χ0n) is 42.8. The average molecular weight is 887 g/mol. The van der Waals surface area contributed by atoms with Crippen LogP contribution < -0.4 is 0 Å². The van der Waals surface area contributed by atoms with E-state index in [4.69, 9.17) is 14.1 Å². The number of fused-ring (bicyclic) bond motifs is 1. The predicted molar refractivity (Wildman–Crippen MR) is 285 cm³/mol. The van der Waals surface area contributed by atoms with Gasteiger partial charge in [0.2, 0.25) is 0 Å². The molecule has 8 aromatic carbocycles. The van der Waals surface area contributed by atoms with Crippen molar-refractivity contribution in [2.24, 2.45) is 0 Å². The van der Waals surface area contributed by atoms with Crippen molar-refractivity contribution in [3.63, 3.8) is 0 Å². The van der Waals surface area contributed by atoms with E-state index in [1.807, 2.05) is 91.1 Å². The largest absolute Gasteiger partial charge is 0.507 e. The van der Waals surface area contributed by atoms with Crippen molar-refractivity contribution in [1.29, 1.82) is 0 Å². The number of pyridine rings is 1. The Hall–Kier alpha value is -7.82. The summed E-state index contributed by atoms with van der Waals surface area (Å²) in [6, 6.07) is 63.9. The molecule has 0 fully saturated rings. The summed E-state index contributed by atoms with van der Waals surface area (Å²) < 4.78 is 29.3. The molecule has 0 amide bonds. The van der Waals surface area contributed by atoms with Gasteiger partial charge in [-0.2, -0.15) is 0 Å². The van der Waals surface area contributed by atoms with Crippen molar-refractivity contribution in [2.45, 2.75) is 66.1 Å². The van der Waals surface area contributed by atoms with Gasteiger partial charge in [-0.05, 0) is 140 Å². The first kappa shape index (κ1) is 40.5. The highest BCUT2D eigenvalue weighted by Crippen LogP contribution is 2.45. The van der Waals surface area contributed by atoms with Gasteiger partial charge in [0.25, 0.3) is 0 Å². The number of hydrogen-bond acceptors (Lipinski definition) is 3. The second-order valence-corrected chi connectivity index (χ2v) is 20.0. The fourth-order valence-corrected chi connectivity index (χ4v) is 9.34. The van der Waals surface area contributed by atoms with Gasteiger partial charge in [0.1, 0.15) is 11.6 Å². The minimum atomic E-state index is -2.49. The third-order valence-corrected chi connectivity index (χ3v) is 13.1. The van der Waals surface area contributed by atoms with Gasteiger partial charge < -0.3 is 5.11 Å². The quantitative estimate of drug-likeness (QED) is 0.165. The summed E-state index contributed by atoms with van der Waals surface area (Å²) in [5.74, 6) is 0.609. The molecule has 0 saturated carbocycles. The van der Waals surface area contributed by atoms with Crippen LogP contribution in [0.4, 0.5) is 0 Å². The summed E-state index contributed by atoms with van der Waals surface area (Å²) >= 11 is 0. The number of hydrogen-bond donors (Lipinski definition) is 1. The standard InChI is InChI=1S/C64H57N3O/c1-41-25-27-44(28-26-41)47-33-34-65-57(39-47)50-37-48(43-17-11-9-12-18-43)36-49(38-50)52-21-16-24-58-60(52)66-62(53-22-15-23-56(61(53)68)64(6,7)8)67(58)59-35-42(2)54(40-55(59)45-19-13-10-14-20-45)46-29-31-51(32-30-46)63(3,4)5/h9-40,68H,1-8H3/i2D3. The molecular formula is C64H57N3O. The first-order chi connectivity index (χ1) is 33.9. The number of para-hydroxylation sites is 2. The van der Waals surface area contributed by atoms with Crippen molar-refractivity contribution < 1.29 is 9.22 Å². The summed E-state index contributed by atoms with van der Waals surface area (Å²) in [7, 11) is 0. The second kappa shape index (κ2) is 17.4. The van der Waals surface area contributed by atoms with Crippen molar-refractivity contribution in [3.05, 3.63) is 217 Å². The first-order valence-corrected chi connectivity index (χ1v) is 23.4. The fraction of sp³-hybridized carbons (Fsp3) is 0.156. The smallest absolute Gasteiger partial charge is 0.149 e. The van der Waals surface area contributed by atoms with Gasteiger partial charge in [0.05, 0.1) is 28.0 Å². The molecule has 0 saturated heterocycles. The molecule has 334 valence electrons. The summed E-state index contributed by atoms with van der Waals surface area (Å²) in [5.41, 5.74) is 16.5. The number of benzene rings is 8. The third-order valence-electron chi connectivity index (χ3n) is 13.1. The van der Waals surface area contributed by atoms with Crippen molar-refractivity contribution in [1.82, 2.24) is 14.5 Å². The molecule has 0 atom stereocenters. The van der Waals surface area contributed by atoms with E-state index in [1.165, 1.54) is 5.56 Å². The van der Waals surface area contributed by atoms with Gasteiger partial charge in [-0.15, -0.1) is 0 Å². The Morgan fingerprint density at radius 3 is 1.79 bits per heavy atom. The van der Waals surface area contributed by atoms with Crippen molar-refractivity contribution in [2.75, 3.05) is 0 Å². The molecule has 0 unspecified atom stereocenters. The molecule has 4 nitrogen and oxygen atoms in total. The molecule has 0 spiro atoms. The Kier molecular flexibility index (Phi) is 10.4. The van der Waals surface area contributed by atoms with Crippen LogP contribution in [0.5, 0.6) is 5.75 Å². The lowest BCUT2D eigenvalue weighted by Crippen LogP contribution is -2.12. The van der Waals surface area contributed by atoms with Crippen LogP contribution >= 0.6 is 0 Å². The van der Waals surface area contributed by atoms with Crippen LogP contribution in [-0.4, -0.2) is 19.6 Å². The monoisotopic (exact) mass is 886 g/mol. The molecule has 0 aliphatic heterocycles. The van der Waals surface area contributed by atoms with Gasteiger partial charge in [0, 0.05) is 27.0 Å². The highest BCUT2D eigenvalue weighted by molar-refractivity contribution is 5.99. The first-order valence-electron chi connectivity index (χ1n) is 24.9. The van der Waals surface area contributed by atoms with E-state index in [0.717, 1.165) is 78.0 Å². The number of aryl methyl sites for hydroxylation is 2. The zero-order chi connectivity index (χ0) is 49.8. The fourth-order valence-electron chi connectivity index (χ4n) is 9.34. The van der Waals surface area contributed by atoms with E-state index in [0.29, 0.717) is 28.2 Å². The van der Waals surface area contributed by atoms with Crippen LogP contribution in [0, 0.1) is 13.8 Å². The van der Waals surface area contributed by atoms with Crippen LogP contribution in [0.2, 0.25) is 0 Å². The lowest BCUT2D eigenvalue weighted by molar-refractivity contribution is 0.448. The molecule has 2 heterocycles. The summed E-state index contributed by atoms with van der Waals surface area (Å²) in [4.78, 5) is 10.5. The molecule has 1 N–H and O–H groups in total. The maximum Gasteiger partial charge on any atom is 0.149 e. The van der Waals surface area contributed by atoms with Crippen LogP contribution in [0.25, 0.3) is 95.0 Å². The molecule has 68 heavy (non-hydrogen) atoms. The van der Waals surface area contributed by atoms with Gasteiger partial charge in [-0.1, -0.05) is 181 Å². The number of imidazole rings is 1. The second-order valence-electron chi connectivity index (χ2n) is 20.0. The van der Waals surface area contributed by atoms with Crippen LogP contribution in [0.3, 0.4) is 0 Å². The normalized spacial score (nSPS) is 12.7. The maximum atomic E-state index is 12.4. The lowest BCUT2D eigenvalue weighted by atomic mass is 9.85. The minimum absolute atomic E-state index is 0.0773. The minimum Gasteiger partial charge on any atom is -0.507 e. The molecule has 10 aromatic rings. The number of phenols is 1. The zero-order valence-corrected chi connectivity index (χ0v) is 39.8. The van der Waals surface area contributed by atoms with Crippen molar-refractivity contribution >= 4 is 11.0 Å². The van der Waals surface area contributed by atoms with E-state index in [1.54, 1.807) is 0 Å². The average Bonchev–Trinajstić information content (AvgIpc) is 3.75. The summed E-state index contributed by atoms with van der Waals surface area (Å²) in [6.07, 6.45) is 1.87. The molecule has 4 heteroatoms. The van der Waals surface area contributed by atoms with Crippen molar-refractivity contribution in [3.8, 4) is 89.7 Å². The van der Waals surface area contributed by atoms with Crippen LogP contribution in [0.1, 0.15) is 67.9 Å². The van der Waals surface area contributed by atoms with E-state index in [9.17, 15) is 5.11 Å². The van der Waals surface area contributed by atoms with E-state index in [-0.39, 0.29) is 16.7 Å². The predicted octanol–water partition coefficient (Wildman–Crippen LogP) is 17.0. The number of aromatic nitrogens is 3. The number of nitrogens with zero attached hydrogens (tertiary/aromatic N) is 3. The Labute approximate surface area is 405 Å². The van der Waals surface area contributed by atoms with Crippen LogP contribution in [0.15, 0.2) is 194 Å². The molecule has 2 aromatic heterocycles. The SMILES string of the molecule is [2H]C([2H])([2H])c1cc(-n2c(-c3cccc(C(C)(C)C)c3O)nc3c(-c4cc(-c5ccccc5)cc(-c5cc(-c6ccc(C)cc6)ccn5)c4)cccc32)c(-c2ccccc2)cc1-c1ccc(C(C)(C)C)cc1. The Morgan fingerprint density at radius 1 is 0.485 bits per heavy atom. The molecule has 0 bridgehead atoms. The molecule has 0 radical (unpaired) electrons. The van der Waals surface area contributed by atoms with Gasteiger partial charge in [-0.3, -0.25) is 9.55 Å². The van der Waals surface area contributed by atoms with Gasteiger partial charge >= 0.3 is 0 Å². The van der Waals surface area contributed by atoms with Gasteiger partial charge in [-0.25, -0.2) is 4.98 Å². The Balaban J connectivity index is 1.27. The number of phenolic OH excluding ortho intramolecular Hbond substituents is 1. The van der Waals surface area contributed by atoms with E-state index < -0.39 is 12.3 Å². The number of aromatic hydroxyl groups is 1. The van der Waals surface area contributed by atoms with Gasteiger partial charge in [0.15, 0.2) is 0 Å². The lowest BCUT2D eigenvalue weighted by Gasteiger charge is -2.23. The third kappa shape index (κ3) is 8.43. The Morgan fingerprint density at radius 2 is 1.10 bits per heavy atom. The highest BCUT2D eigenvalue weighted by atomic mass is 16.3. The summed E-state index contributed by atoms with van der Waals surface area (Å²) in [6.45, 7) is 12.4. The molecular weight excluding hydrogens is 827 g/mol. The molecule has 0 aliphatic rings. The van der Waals surface area contributed by atoms with Crippen LogP contribution in [-0.2, 0) is 10.8 Å². The number of rotatable bonds is 8.